The zero-order valence-corrected chi connectivity index (χ0v) is 11.0. The summed E-state index contributed by atoms with van der Waals surface area (Å²) in [5, 5.41) is 9.96. The van der Waals surface area contributed by atoms with Crippen LogP contribution in [0.3, 0.4) is 0 Å². The predicted octanol–water partition coefficient (Wildman–Crippen LogP) is 2.59. The summed E-state index contributed by atoms with van der Waals surface area (Å²) in [5.74, 6) is 3.19. The summed E-state index contributed by atoms with van der Waals surface area (Å²) in [6.07, 6.45) is 9.66. The zero-order valence-electron chi connectivity index (χ0n) is 11.0. The molecule has 0 unspecified atom stereocenters. The molecule has 1 aromatic rings. The van der Waals surface area contributed by atoms with E-state index in [1.54, 1.807) is 6.07 Å². The van der Waals surface area contributed by atoms with Crippen LogP contribution >= 0.6 is 0 Å². The van der Waals surface area contributed by atoms with Crippen LogP contribution in [0.4, 0.5) is 0 Å². The van der Waals surface area contributed by atoms with Crippen LogP contribution in [0.5, 0.6) is 5.75 Å². The first-order valence-electron chi connectivity index (χ1n) is 6.73. The third-order valence-corrected chi connectivity index (χ3v) is 3.76. The minimum atomic E-state index is 0.439. The Morgan fingerprint density at radius 1 is 1.50 bits per heavy atom. The Labute approximate surface area is 110 Å². The molecule has 0 aromatic heterocycles. The van der Waals surface area contributed by atoms with Gasteiger partial charge in [0.15, 0.2) is 0 Å². The lowest BCUT2D eigenvalue weighted by molar-refractivity contribution is 0.201. The fourth-order valence-electron chi connectivity index (χ4n) is 2.86. The summed E-state index contributed by atoms with van der Waals surface area (Å²) >= 11 is 0. The zero-order chi connectivity index (χ0) is 13.0. The van der Waals surface area contributed by atoms with Crippen molar-refractivity contribution in [3.63, 3.8) is 0 Å². The average Bonchev–Trinajstić information content (AvgIpc) is 2.39. The van der Waals surface area contributed by atoms with Crippen molar-refractivity contribution < 1.29 is 5.11 Å². The Balaban J connectivity index is 2.15. The van der Waals surface area contributed by atoms with Crippen LogP contribution in [-0.2, 0) is 12.8 Å². The molecule has 0 saturated carbocycles. The number of aryl methyl sites for hydroxylation is 1. The van der Waals surface area contributed by atoms with Gasteiger partial charge in [0.1, 0.15) is 5.75 Å². The van der Waals surface area contributed by atoms with Crippen molar-refractivity contribution in [2.45, 2.75) is 38.6 Å². The monoisotopic (exact) mass is 243 g/mol. The van der Waals surface area contributed by atoms with E-state index in [9.17, 15) is 5.11 Å². The first-order chi connectivity index (χ1) is 8.76. The number of phenolic OH excluding ortho intramolecular Hbond substituents is 1. The third-order valence-electron chi connectivity index (χ3n) is 3.76. The van der Waals surface area contributed by atoms with Crippen molar-refractivity contribution in [1.29, 1.82) is 0 Å². The molecular weight excluding hydrogens is 222 g/mol. The minimum absolute atomic E-state index is 0.439. The van der Waals surface area contributed by atoms with E-state index in [1.807, 2.05) is 6.07 Å². The molecule has 0 fully saturated rings. The summed E-state index contributed by atoms with van der Waals surface area (Å²) in [5.41, 5.74) is 2.41. The normalized spacial score (nSPS) is 18.4. The number of benzene rings is 1. The van der Waals surface area contributed by atoms with E-state index < -0.39 is 0 Å². The summed E-state index contributed by atoms with van der Waals surface area (Å²) in [6, 6.07) is 6.31. The number of aromatic hydroxyl groups is 1. The molecule has 2 heteroatoms. The highest BCUT2D eigenvalue weighted by atomic mass is 16.3. The maximum absolute atomic E-state index is 9.96. The van der Waals surface area contributed by atoms with E-state index in [2.05, 4.69) is 23.8 Å². The first-order valence-corrected chi connectivity index (χ1v) is 6.73. The van der Waals surface area contributed by atoms with Gasteiger partial charge < -0.3 is 5.11 Å². The van der Waals surface area contributed by atoms with Crippen molar-refractivity contribution in [2.24, 2.45) is 0 Å². The predicted molar refractivity (Wildman–Crippen MR) is 74.6 cm³/mol. The highest BCUT2D eigenvalue weighted by molar-refractivity contribution is 5.41. The van der Waals surface area contributed by atoms with Crippen LogP contribution in [0.1, 0.15) is 30.9 Å². The Kier molecular flexibility index (Phi) is 4.28. The van der Waals surface area contributed by atoms with Crippen molar-refractivity contribution in [3.05, 3.63) is 29.3 Å². The van der Waals surface area contributed by atoms with E-state index in [0.717, 1.165) is 37.8 Å². The van der Waals surface area contributed by atoms with Crippen molar-refractivity contribution in [2.75, 3.05) is 13.1 Å². The number of phenols is 1. The number of rotatable bonds is 4. The SMILES string of the molecule is C#CCN(CCC)[C@H]1CCc2cccc(O)c2C1. The van der Waals surface area contributed by atoms with E-state index in [1.165, 1.54) is 5.56 Å². The van der Waals surface area contributed by atoms with Gasteiger partial charge in [0.05, 0.1) is 6.54 Å². The fourth-order valence-corrected chi connectivity index (χ4v) is 2.86. The maximum atomic E-state index is 9.96. The van der Waals surface area contributed by atoms with Crippen molar-refractivity contribution in [3.8, 4) is 18.1 Å². The molecule has 1 aliphatic carbocycles. The van der Waals surface area contributed by atoms with E-state index in [-0.39, 0.29) is 0 Å². The molecule has 96 valence electrons. The second kappa shape index (κ2) is 5.93. The summed E-state index contributed by atoms with van der Waals surface area (Å²) in [6.45, 7) is 3.93. The number of fused-ring (bicyclic) bond motifs is 1. The molecule has 2 rings (SSSR count). The van der Waals surface area contributed by atoms with E-state index >= 15 is 0 Å². The van der Waals surface area contributed by atoms with Gasteiger partial charge in [-0.1, -0.05) is 25.0 Å². The van der Waals surface area contributed by atoms with Crippen molar-refractivity contribution in [1.82, 2.24) is 4.90 Å². The molecule has 18 heavy (non-hydrogen) atoms. The van der Waals surface area contributed by atoms with Crippen LogP contribution < -0.4 is 0 Å². The molecule has 0 amide bonds. The minimum Gasteiger partial charge on any atom is -0.508 e. The second-order valence-electron chi connectivity index (χ2n) is 4.99. The second-order valence-corrected chi connectivity index (χ2v) is 4.99. The largest absolute Gasteiger partial charge is 0.508 e. The van der Waals surface area contributed by atoms with Gasteiger partial charge in [0.25, 0.3) is 0 Å². The number of hydrogen-bond donors (Lipinski definition) is 1. The van der Waals surface area contributed by atoms with Gasteiger partial charge in [-0.2, -0.15) is 0 Å². The van der Waals surface area contributed by atoms with Gasteiger partial charge in [-0.25, -0.2) is 0 Å². The van der Waals surface area contributed by atoms with Gasteiger partial charge in [-0.05, 0) is 49.4 Å². The summed E-state index contributed by atoms with van der Waals surface area (Å²) in [4.78, 5) is 2.37. The maximum Gasteiger partial charge on any atom is 0.119 e. The van der Waals surface area contributed by atoms with Crippen LogP contribution in [0.2, 0.25) is 0 Å². The smallest absolute Gasteiger partial charge is 0.119 e. The van der Waals surface area contributed by atoms with Gasteiger partial charge in [0, 0.05) is 6.04 Å². The Hall–Kier alpha value is -1.46. The molecule has 0 saturated heterocycles. The molecule has 2 nitrogen and oxygen atoms in total. The van der Waals surface area contributed by atoms with Gasteiger partial charge >= 0.3 is 0 Å². The molecule has 0 aliphatic heterocycles. The topological polar surface area (TPSA) is 23.5 Å². The molecule has 1 aliphatic rings. The molecule has 0 bridgehead atoms. The Morgan fingerprint density at radius 2 is 2.33 bits per heavy atom. The number of terminal acetylenes is 1. The molecular formula is C16H21NO. The summed E-state index contributed by atoms with van der Waals surface area (Å²) < 4.78 is 0. The number of hydrogen-bond acceptors (Lipinski definition) is 2. The molecule has 0 radical (unpaired) electrons. The Morgan fingerprint density at radius 3 is 3.06 bits per heavy atom. The van der Waals surface area contributed by atoms with E-state index in [4.69, 9.17) is 6.42 Å². The van der Waals surface area contributed by atoms with Gasteiger partial charge in [-0.3, -0.25) is 4.90 Å². The van der Waals surface area contributed by atoms with Crippen LogP contribution in [-0.4, -0.2) is 29.1 Å². The quantitative estimate of drug-likeness (QED) is 0.822. The van der Waals surface area contributed by atoms with Gasteiger partial charge in [0.2, 0.25) is 0 Å². The highest BCUT2D eigenvalue weighted by Crippen LogP contribution is 2.30. The van der Waals surface area contributed by atoms with Crippen molar-refractivity contribution >= 4 is 0 Å². The fraction of sp³-hybridized carbons (Fsp3) is 0.500. The first kappa shape index (κ1) is 13.0. The molecule has 0 spiro atoms. The molecule has 1 atom stereocenters. The lowest BCUT2D eigenvalue weighted by Crippen LogP contribution is -2.40. The molecule has 1 aromatic carbocycles. The number of nitrogens with zero attached hydrogens (tertiary/aromatic N) is 1. The lowest BCUT2D eigenvalue weighted by atomic mass is 9.87. The van der Waals surface area contributed by atoms with Crippen LogP contribution in [0, 0.1) is 12.3 Å². The molecule has 0 heterocycles. The van der Waals surface area contributed by atoms with Gasteiger partial charge in [-0.15, -0.1) is 6.42 Å². The average molecular weight is 243 g/mol. The third kappa shape index (κ3) is 2.68. The Bertz CT molecular complexity index is 447. The summed E-state index contributed by atoms with van der Waals surface area (Å²) in [7, 11) is 0. The van der Waals surface area contributed by atoms with Crippen LogP contribution in [0.25, 0.3) is 0 Å². The lowest BCUT2D eigenvalue weighted by Gasteiger charge is -2.34. The highest BCUT2D eigenvalue weighted by Gasteiger charge is 2.24. The standard InChI is InChI=1S/C16H21NO/c1-3-10-17(11-4-2)14-9-8-13-6-5-7-16(18)15(13)12-14/h1,5-7,14,18H,4,8-12H2,2H3/t14-/m0/s1. The van der Waals surface area contributed by atoms with Crippen LogP contribution in [0.15, 0.2) is 18.2 Å². The molecule has 1 N–H and O–H groups in total. The van der Waals surface area contributed by atoms with E-state index in [0.29, 0.717) is 18.3 Å².